The highest BCUT2D eigenvalue weighted by molar-refractivity contribution is 5.56. The fraction of sp³-hybridized carbons (Fsp3) is 0.417. The Hall–Kier alpha value is -1.91. The molecule has 0 aliphatic carbocycles. The molecule has 0 bridgehead atoms. The monoisotopic (exact) mass is 231 g/mol. The maximum absolute atomic E-state index is 4.54. The molecule has 1 N–H and O–H groups in total. The van der Waals surface area contributed by atoms with Gasteiger partial charge >= 0.3 is 0 Å². The number of anilines is 1. The van der Waals surface area contributed by atoms with Crippen LogP contribution in [0.3, 0.4) is 0 Å². The van der Waals surface area contributed by atoms with E-state index in [9.17, 15) is 0 Å². The lowest BCUT2D eigenvalue weighted by molar-refractivity contribution is 0.903. The number of nitrogens with zero attached hydrogens (tertiary/aromatic N) is 4. The maximum Gasteiger partial charge on any atom is 0.180 e. The summed E-state index contributed by atoms with van der Waals surface area (Å²) < 4.78 is 1.92. The van der Waals surface area contributed by atoms with Gasteiger partial charge in [-0.25, -0.2) is 15.0 Å². The van der Waals surface area contributed by atoms with Crippen LogP contribution >= 0.6 is 0 Å². The standard InChI is InChI=1S/C12H17N5/c1-5-14-11-8(2)9(3)15-12(16-11)10-6-13-7-17(10)4/h6-7H,5H2,1-4H3,(H,14,15,16). The van der Waals surface area contributed by atoms with E-state index in [0.717, 1.165) is 29.3 Å². The third-order valence-electron chi connectivity index (χ3n) is 2.78. The van der Waals surface area contributed by atoms with Crippen LogP contribution in [0.2, 0.25) is 0 Å². The molecule has 0 aliphatic heterocycles. The van der Waals surface area contributed by atoms with E-state index >= 15 is 0 Å². The first-order valence-corrected chi connectivity index (χ1v) is 5.69. The van der Waals surface area contributed by atoms with Crippen molar-refractivity contribution in [3.05, 3.63) is 23.8 Å². The summed E-state index contributed by atoms with van der Waals surface area (Å²) in [7, 11) is 1.94. The molecule has 0 saturated heterocycles. The zero-order valence-electron chi connectivity index (χ0n) is 10.7. The Balaban J connectivity index is 2.53. The average molecular weight is 231 g/mol. The summed E-state index contributed by atoms with van der Waals surface area (Å²) in [5.74, 6) is 1.61. The number of hydrogen-bond acceptors (Lipinski definition) is 4. The van der Waals surface area contributed by atoms with Crippen LogP contribution in [0.1, 0.15) is 18.2 Å². The highest BCUT2D eigenvalue weighted by atomic mass is 15.1. The average Bonchev–Trinajstić information content (AvgIpc) is 2.71. The number of aromatic nitrogens is 4. The lowest BCUT2D eigenvalue weighted by Crippen LogP contribution is -2.07. The van der Waals surface area contributed by atoms with Gasteiger partial charge in [0.25, 0.3) is 0 Å². The first-order valence-electron chi connectivity index (χ1n) is 5.69. The fourth-order valence-corrected chi connectivity index (χ4v) is 1.66. The molecule has 0 fully saturated rings. The minimum absolute atomic E-state index is 0.712. The van der Waals surface area contributed by atoms with Crippen LogP contribution in [0.4, 0.5) is 5.82 Å². The zero-order valence-corrected chi connectivity index (χ0v) is 10.7. The molecule has 5 heteroatoms. The van der Waals surface area contributed by atoms with E-state index < -0.39 is 0 Å². The van der Waals surface area contributed by atoms with E-state index in [0.29, 0.717) is 5.82 Å². The number of aryl methyl sites for hydroxylation is 2. The lowest BCUT2D eigenvalue weighted by atomic mass is 10.2. The van der Waals surface area contributed by atoms with Crippen molar-refractivity contribution in [1.82, 2.24) is 19.5 Å². The van der Waals surface area contributed by atoms with Crippen molar-refractivity contribution < 1.29 is 0 Å². The minimum Gasteiger partial charge on any atom is -0.370 e. The maximum atomic E-state index is 4.54. The Morgan fingerprint density at radius 1 is 1.29 bits per heavy atom. The molecule has 0 amide bonds. The largest absolute Gasteiger partial charge is 0.370 e. The second-order valence-corrected chi connectivity index (χ2v) is 4.03. The van der Waals surface area contributed by atoms with Crippen molar-refractivity contribution in [2.45, 2.75) is 20.8 Å². The molecule has 2 rings (SSSR count). The quantitative estimate of drug-likeness (QED) is 0.877. The van der Waals surface area contributed by atoms with E-state index in [1.165, 1.54) is 0 Å². The normalized spacial score (nSPS) is 10.6. The predicted octanol–water partition coefficient (Wildman–Crippen LogP) is 1.93. The molecule has 0 spiro atoms. The lowest BCUT2D eigenvalue weighted by Gasteiger charge is -2.11. The molecule has 2 heterocycles. The molecular formula is C12H17N5. The van der Waals surface area contributed by atoms with Crippen LogP contribution in [0.15, 0.2) is 12.5 Å². The Morgan fingerprint density at radius 3 is 2.65 bits per heavy atom. The molecule has 2 aromatic heterocycles. The number of rotatable bonds is 3. The Kier molecular flexibility index (Phi) is 3.08. The molecule has 90 valence electrons. The van der Waals surface area contributed by atoms with Gasteiger partial charge < -0.3 is 9.88 Å². The summed E-state index contributed by atoms with van der Waals surface area (Å²) >= 11 is 0. The molecule has 0 unspecified atom stereocenters. The summed E-state index contributed by atoms with van der Waals surface area (Å²) in [6.07, 6.45) is 3.53. The van der Waals surface area contributed by atoms with Crippen LogP contribution in [-0.4, -0.2) is 26.1 Å². The number of nitrogens with one attached hydrogen (secondary N) is 1. The van der Waals surface area contributed by atoms with E-state index in [2.05, 4.69) is 27.2 Å². The molecule has 2 aromatic rings. The van der Waals surface area contributed by atoms with Crippen molar-refractivity contribution >= 4 is 5.82 Å². The second-order valence-electron chi connectivity index (χ2n) is 4.03. The van der Waals surface area contributed by atoms with Crippen molar-refractivity contribution in [2.24, 2.45) is 7.05 Å². The van der Waals surface area contributed by atoms with E-state index in [1.54, 1.807) is 12.5 Å². The van der Waals surface area contributed by atoms with Crippen LogP contribution in [0, 0.1) is 13.8 Å². The van der Waals surface area contributed by atoms with Crippen LogP contribution < -0.4 is 5.32 Å². The van der Waals surface area contributed by atoms with Gasteiger partial charge in [0.15, 0.2) is 5.82 Å². The van der Waals surface area contributed by atoms with Gasteiger partial charge in [0.1, 0.15) is 11.5 Å². The Bertz CT molecular complexity index is 530. The van der Waals surface area contributed by atoms with Gasteiger partial charge in [-0.05, 0) is 20.8 Å². The highest BCUT2D eigenvalue weighted by Gasteiger charge is 2.11. The van der Waals surface area contributed by atoms with Crippen molar-refractivity contribution in [3.8, 4) is 11.5 Å². The van der Waals surface area contributed by atoms with Crippen LogP contribution in [0.5, 0.6) is 0 Å². The molecule has 5 nitrogen and oxygen atoms in total. The molecule has 0 saturated carbocycles. The summed E-state index contributed by atoms with van der Waals surface area (Å²) in [4.78, 5) is 13.1. The van der Waals surface area contributed by atoms with E-state index in [4.69, 9.17) is 0 Å². The van der Waals surface area contributed by atoms with Gasteiger partial charge in [0.2, 0.25) is 0 Å². The molecule has 17 heavy (non-hydrogen) atoms. The number of imidazole rings is 1. The molecule has 0 aromatic carbocycles. The SMILES string of the molecule is CCNc1nc(-c2cncn2C)nc(C)c1C. The molecule has 0 aliphatic rings. The second kappa shape index (κ2) is 4.53. The Morgan fingerprint density at radius 2 is 2.06 bits per heavy atom. The minimum atomic E-state index is 0.712. The predicted molar refractivity (Wildman–Crippen MR) is 67.9 cm³/mol. The first-order chi connectivity index (χ1) is 8.13. The fourth-order valence-electron chi connectivity index (χ4n) is 1.66. The first kappa shape index (κ1) is 11.6. The zero-order chi connectivity index (χ0) is 12.4. The summed E-state index contributed by atoms with van der Waals surface area (Å²) in [5.41, 5.74) is 3.01. The van der Waals surface area contributed by atoms with E-state index in [1.807, 2.05) is 25.5 Å². The smallest absolute Gasteiger partial charge is 0.180 e. The van der Waals surface area contributed by atoms with Gasteiger partial charge in [-0.2, -0.15) is 0 Å². The van der Waals surface area contributed by atoms with E-state index in [-0.39, 0.29) is 0 Å². The van der Waals surface area contributed by atoms with Gasteiger partial charge in [-0.3, -0.25) is 0 Å². The summed E-state index contributed by atoms with van der Waals surface area (Å²) in [5, 5.41) is 3.26. The van der Waals surface area contributed by atoms with Gasteiger partial charge in [-0.15, -0.1) is 0 Å². The van der Waals surface area contributed by atoms with Crippen LogP contribution in [0.25, 0.3) is 11.5 Å². The van der Waals surface area contributed by atoms with Crippen molar-refractivity contribution in [2.75, 3.05) is 11.9 Å². The number of hydrogen-bond donors (Lipinski definition) is 1. The molecule has 0 atom stereocenters. The van der Waals surface area contributed by atoms with Crippen LogP contribution in [-0.2, 0) is 7.05 Å². The van der Waals surface area contributed by atoms with Crippen molar-refractivity contribution in [3.63, 3.8) is 0 Å². The third-order valence-corrected chi connectivity index (χ3v) is 2.78. The molecular weight excluding hydrogens is 214 g/mol. The van der Waals surface area contributed by atoms with Gasteiger partial charge in [0, 0.05) is 24.8 Å². The topological polar surface area (TPSA) is 55.6 Å². The summed E-state index contributed by atoms with van der Waals surface area (Å²) in [6, 6.07) is 0. The Labute approximate surface area is 101 Å². The third kappa shape index (κ3) is 2.13. The summed E-state index contributed by atoms with van der Waals surface area (Å²) in [6.45, 7) is 6.93. The van der Waals surface area contributed by atoms with Crippen molar-refractivity contribution in [1.29, 1.82) is 0 Å². The molecule has 0 radical (unpaired) electrons. The van der Waals surface area contributed by atoms with Gasteiger partial charge in [0.05, 0.1) is 12.5 Å². The van der Waals surface area contributed by atoms with Gasteiger partial charge in [-0.1, -0.05) is 0 Å². The highest BCUT2D eigenvalue weighted by Crippen LogP contribution is 2.20.